The monoisotopic (exact) mass is 275 g/mol. The minimum Gasteiger partial charge on any atom is -0.456 e. The van der Waals surface area contributed by atoms with E-state index in [4.69, 9.17) is 4.74 Å². The van der Waals surface area contributed by atoms with Crippen molar-refractivity contribution >= 4 is 5.97 Å². The molecule has 0 atom stereocenters. The Kier molecular flexibility index (Phi) is 4.81. The van der Waals surface area contributed by atoms with Gasteiger partial charge in [0.15, 0.2) is 0 Å². The maximum Gasteiger partial charge on any atom is 0.338 e. The summed E-state index contributed by atoms with van der Waals surface area (Å²) in [4.78, 5) is 11.9. The van der Waals surface area contributed by atoms with Gasteiger partial charge in [0.05, 0.1) is 5.56 Å². The Morgan fingerprint density at radius 1 is 1.20 bits per heavy atom. The van der Waals surface area contributed by atoms with Crippen molar-refractivity contribution in [3.63, 3.8) is 0 Å². The van der Waals surface area contributed by atoms with E-state index in [1.807, 2.05) is 32.9 Å². The fraction of sp³-hybridized carbons (Fsp3) is 0.588. The number of rotatable bonds is 3. The average Bonchev–Trinajstić information content (AvgIpc) is 2.39. The highest BCUT2D eigenvalue weighted by Crippen LogP contribution is 2.19. The quantitative estimate of drug-likeness (QED) is 0.861. The molecule has 3 heteroatoms. The minimum absolute atomic E-state index is 0.245. The van der Waals surface area contributed by atoms with Crippen molar-refractivity contribution in [3.05, 3.63) is 35.4 Å². The molecule has 0 radical (unpaired) electrons. The number of ether oxygens (including phenoxy) is 1. The average molecular weight is 275 g/mol. The van der Waals surface area contributed by atoms with Crippen LogP contribution in [0.1, 0.15) is 49.5 Å². The van der Waals surface area contributed by atoms with Gasteiger partial charge in [0.25, 0.3) is 0 Å². The number of hydrogen-bond donors (Lipinski definition) is 1. The van der Waals surface area contributed by atoms with Crippen LogP contribution < -0.4 is 5.32 Å². The van der Waals surface area contributed by atoms with E-state index < -0.39 is 5.60 Å². The van der Waals surface area contributed by atoms with E-state index in [0.717, 1.165) is 25.4 Å². The highest BCUT2D eigenvalue weighted by molar-refractivity contribution is 5.89. The fourth-order valence-electron chi connectivity index (χ4n) is 2.53. The number of esters is 1. The molecule has 110 valence electrons. The molecule has 0 spiro atoms. The van der Waals surface area contributed by atoms with Crippen molar-refractivity contribution in [3.8, 4) is 0 Å². The largest absolute Gasteiger partial charge is 0.456 e. The van der Waals surface area contributed by atoms with Gasteiger partial charge >= 0.3 is 5.97 Å². The normalized spacial score (nSPS) is 16.9. The first kappa shape index (κ1) is 15.0. The zero-order chi connectivity index (χ0) is 14.6. The maximum absolute atomic E-state index is 11.9. The molecule has 1 aromatic rings. The predicted octanol–water partition coefficient (Wildman–Crippen LogP) is 3.18. The Labute approximate surface area is 121 Å². The lowest BCUT2D eigenvalue weighted by Gasteiger charge is -2.22. The van der Waals surface area contributed by atoms with Crippen molar-refractivity contribution < 1.29 is 9.53 Å². The Morgan fingerprint density at radius 3 is 2.35 bits per heavy atom. The summed E-state index contributed by atoms with van der Waals surface area (Å²) in [6, 6.07) is 7.87. The molecule has 1 heterocycles. The van der Waals surface area contributed by atoms with Crippen molar-refractivity contribution in [2.75, 3.05) is 13.1 Å². The van der Waals surface area contributed by atoms with Crippen molar-refractivity contribution in [2.24, 2.45) is 5.92 Å². The van der Waals surface area contributed by atoms with Gasteiger partial charge in [-0.1, -0.05) is 12.1 Å². The molecule has 2 rings (SSSR count). The van der Waals surface area contributed by atoms with Crippen LogP contribution in [0.15, 0.2) is 24.3 Å². The molecule has 1 fully saturated rings. The van der Waals surface area contributed by atoms with Crippen LogP contribution in [0.3, 0.4) is 0 Å². The van der Waals surface area contributed by atoms with Gasteiger partial charge in [0, 0.05) is 0 Å². The van der Waals surface area contributed by atoms with Gasteiger partial charge in [0.2, 0.25) is 0 Å². The third-order valence-corrected chi connectivity index (χ3v) is 3.57. The van der Waals surface area contributed by atoms with E-state index in [1.165, 1.54) is 18.4 Å². The molecule has 0 unspecified atom stereocenters. The topological polar surface area (TPSA) is 38.3 Å². The molecule has 0 amide bonds. The molecule has 1 aliphatic heterocycles. The smallest absolute Gasteiger partial charge is 0.338 e. The summed E-state index contributed by atoms with van der Waals surface area (Å²) in [6.07, 6.45) is 3.60. The van der Waals surface area contributed by atoms with E-state index in [-0.39, 0.29) is 5.97 Å². The zero-order valence-corrected chi connectivity index (χ0v) is 12.7. The number of piperidine rings is 1. The Morgan fingerprint density at radius 2 is 1.80 bits per heavy atom. The zero-order valence-electron chi connectivity index (χ0n) is 12.7. The van der Waals surface area contributed by atoms with E-state index in [2.05, 4.69) is 17.4 Å². The summed E-state index contributed by atoms with van der Waals surface area (Å²) in [5, 5.41) is 3.39. The summed E-state index contributed by atoms with van der Waals surface area (Å²) in [5.74, 6) is 0.523. The molecule has 1 aromatic carbocycles. The molecule has 0 bridgehead atoms. The number of nitrogens with one attached hydrogen (secondary N) is 1. The molecular formula is C17H25NO2. The standard InChI is InChI=1S/C17H25NO2/c1-17(2,3)20-16(19)15-6-4-13(5-7-15)12-14-8-10-18-11-9-14/h4-7,14,18H,8-12H2,1-3H3. The molecule has 0 saturated carbocycles. The first-order valence-electron chi connectivity index (χ1n) is 7.47. The fourth-order valence-corrected chi connectivity index (χ4v) is 2.53. The molecular weight excluding hydrogens is 250 g/mol. The lowest BCUT2D eigenvalue weighted by Crippen LogP contribution is -2.28. The van der Waals surface area contributed by atoms with Crippen molar-refractivity contribution in [1.29, 1.82) is 0 Å². The van der Waals surface area contributed by atoms with Crippen LogP contribution in [-0.4, -0.2) is 24.7 Å². The third-order valence-electron chi connectivity index (χ3n) is 3.57. The van der Waals surface area contributed by atoms with E-state index in [1.54, 1.807) is 0 Å². The predicted molar refractivity (Wildman–Crippen MR) is 80.9 cm³/mol. The van der Waals surface area contributed by atoms with Gasteiger partial charge in [-0.05, 0) is 76.7 Å². The summed E-state index contributed by atoms with van der Waals surface area (Å²) in [6.45, 7) is 7.91. The third kappa shape index (κ3) is 4.64. The second-order valence-corrected chi connectivity index (χ2v) is 6.60. The van der Waals surface area contributed by atoms with Crippen LogP contribution >= 0.6 is 0 Å². The first-order chi connectivity index (χ1) is 9.44. The maximum atomic E-state index is 11.9. The molecule has 0 aliphatic carbocycles. The van der Waals surface area contributed by atoms with Gasteiger partial charge in [0.1, 0.15) is 5.60 Å². The molecule has 3 nitrogen and oxygen atoms in total. The second-order valence-electron chi connectivity index (χ2n) is 6.60. The molecule has 0 aromatic heterocycles. The van der Waals surface area contributed by atoms with Crippen molar-refractivity contribution in [2.45, 2.75) is 45.6 Å². The Balaban J connectivity index is 1.93. The van der Waals surface area contributed by atoms with Crippen LogP contribution in [-0.2, 0) is 11.2 Å². The lowest BCUT2D eigenvalue weighted by atomic mass is 9.91. The van der Waals surface area contributed by atoms with Gasteiger partial charge in [-0.3, -0.25) is 0 Å². The van der Waals surface area contributed by atoms with Gasteiger partial charge in [-0.15, -0.1) is 0 Å². The van der Waals surface area contributed by atoms with Gasteiger partial charge in [-0.25, -0.2) is 4.79 Å². The first-order valence-corrected chi connectivity index (χ1v) is 7.47. The van der Waals surface area contributed by atoms with Crippen LogP contribution in [0.25, 0.3) is 0 Å². The summed E-state index contributed by atoms with van der Waals surface area (Å²) in [5.41, 5.74) is 1.50. The highest BCUT2D eigenvalue weighted by atomic mass is 16.6. The van der Waals surface area contributed by atoms with Crippen LogP contribution in [0.4, 0.5) is 0 Å². The number of carbonyl (C=O) groups excluding carboxylic acids is 1. The van der Waals surface area contributed by atoms with E-state index >= 15 is 0 Å². The lowest BCUT2D eigenvalue weighted by molar-refractivity contribution is 0.00695. The summed E-state index contributed by atoms with van der Waals surface area (Å²) < 4.78 is 5.37. The van der Waals surface area contributed by atoms with Gasteiger partial charge in [-0.2, -0.15) is 0 Å². The van der Waals surface area contributed by atoms with Crippen LogP contribution in [0, 0.1) is 5.92 Å². The van der Waals surface area contributed by atoms with E-state index in [9.17, 15) is 4.79 Å². The highest BCUT2D eigenvalue weighted by Gasteiger charge is 2.18. The molecule has 1 saturated heterocycles. The summed E-state index contributed by atoms with van der Waals surface area (Å²) in [7, 11) is 0. The Hall–Kier alpha value is -1.35. The van der Waals surface area contributed by atoms with Crippen LogP contribution in [0.2, 0.25) is 0 Å². The second kappa shape index (κ2) is 6.40. The molecule has 20 heavy (non-hydrogen) atoms. The molecule has 1 N–H and O–H groups in total. The van der Waals surface area contributed by atoms with Crippen molar-refractivity contribution in [1.82, 2.24) is 5.32 Å². The Bertz CT molecular complexity index is 439. The molecule has 1 aliphatic rings. The number of benzene rings is 1. The number of hydrogen-bond acceptors (Lipinski definition) is 3. The van der Waals surface area contributed by atoms with E-state index in [0.29, 0.717) is 5.56 Å². The van der Waals surface area contributed by atoms with Gasteiger partial charge < -0.3 is 10.1 Å². The number of carbonyl (C=O) groups is 1. The minimum atomic E-state index is -0.440. The van der Waals surface area contributed by atoms with Crippen LogP contribution in [0.5, 0.6) is 0 Å². The SMILES string of the molecule is CC(C)(C)OC(=O)c1ccc(CC2CCNCC2)cc1. The summed E-state index contributed by atoms with van der Waals surface area (Å²) >= 11 is 0.